The first kappa shape index (κ1) is 15.0. The number of alkyl halides is 1. The van der Waals surface area contributed by atoms with E-state index in [0.717, 1.165) is 30.6 Å². The summed E-state index contributed by atoms with van der Waals surface area (Å²) in [5.74, 6) is 1.02. The number of unbranched alkanes of at least 4 members (excludes halogenated alkanes) is 1. The lowest BCUT2D eigenvalue weighted by Gasteiger charge is -2.29. The Bertz CT molecular complexity index is 231. The van der Waals surface area contributed by atoms with Crippen LogP contribution >= 0.6 is 15.9 Å². The first-order chi connectivity index (χ1) is 8.20. The second kappa shape index (κ2) is 8.09. The van der Waals surface area contributed by atoms with E-state index in [1.165, 1.54) is 12.8 Å². The first-order valence-electron chi connectivity index (χ1n) is 6.55. The highest BCUT2D eigenvalue weighted by Gasteiger charge is 2.33. The minimum atomic E-state index is 0.294. The molecule has 0 spiro atoms. The highest BCUT2D eigenvalue weighted by Crippen LogP contribution is 2.35. The van der Waals surface area contributed by atoms with Crippen molar-refractivity contribution in [3.8, 4) is 0 Å². The van der Waals surface area contributed by atoms with Crippen LogP contribution in [0.25, 0.3) is 0 Å². The van der Waals surface area contributed by atoms with Crippen LogP contribution in [0.2, 0.25) is 0 Å². The molecule has 0 aliphatic heterocycles. The van der Waals surface area contributed by atoms with Crippen molar-refractivity contribution in [1.82, 2.24) is 4.90 Å². The van der Waals surface area contributed by atoms with E-state index in [4.69, 9.17) is 4.74 Å². The van der Waals surface area contributed by atoms with Crippen molar-refractivity contribution in [3.63, 3.8) is 0 Å². The summed E-state index contributed by atoms with van der Waals surface area (Å²) in [5.41, 5.74) is 0. The number of hydrogen-bond donors (Lipinski definition) is 0. The second-order valence-corrected chi connectivity index (χ2v) is 5.60. The minimum absolute atomic E-state index is 0.294. The molecule has 3 nitrogen and oxygen atoms in total. The molecular formula is C13H24BrNO2. The Labute approximate surface area is 113 Å². The molecule has 100 valence electrons. The van der Waals surface area contributed by atoms with Crippen LogP contribution in [0.3, 0.4) is 0 Å². The molecule has 0 aromatic rings. The molecule has 1 rings (SSSR count). The molecule has 1 unspecified atom stereocenters. The molecule has 1 aliphatic carbocycles. The summed E-state index contributed by atoms with van der Waals surface area (Å²) in [6.45, 7) is 3.55. The lowest BCUT2D eigenvalue weighted by Crippen LogP contribution is -2.41. The van der Waals surface area contributed by atoms with Gasteiger partial charge < -0.3 is 9.64 Å². The zero-order valence-electron chi connectivity index (χ0n) is 11.0. The predicted molar refractivity (Wildman–Crippen MR) is 73.4 cm³/mol. The normalized spacial score (nSPS) is 16.9. The largest absolute Gasteiger partial charge is 0.383 e. The molecule has 1 saturated carbocycles. The molecule has 4 heteroatoms. The zero-order valence-corrected chi connectivity index (χ0v) is 12.5. The summed E-state index contributed by atoms with van der Waals surface area (Å²) in [7, 11) is 1.69. The second-order valence-electron chi connectivity index (χ2n) is 4.80. The molecule has 1 aliphatic rings. The number of rotatable bonds is 9. The number of carbonyl (C=O) groups is 1. The Hall–Kier alpha value is -0.0900. The molecular weight excluding hydrogens is 282 g/mol. The molecule has 0 saturated heterocycles. The van der Waals surface area contributed by atoms with Gasteiger partial charge in [-0.05, 0) is 38.5 Å². The zero-order chi connectivity index (χ0) is 12.7. The average Bonchev–Trinajstić information content (AvgIpc) is 3.13. The van der Waals surface area contributed by atoms with Gasteiger partial charge in [-0.3, -0.25) is 4.79 Å². The van der Waals surface area contributed by atoms with Crippen LogP contribution in [0.1, 0.15) is 39.0 Å². The van der Waals surface area contributed by atoms with Gasteiger partial charge >= 0.3 is 0 Å². The standard InChI is InChI=1S/C13H24BrNO2/c1-11(12-6-7-12)15(9-10-17-2)13(16)5-3-4-8-14/h11-12H,3-10H2,1-2H3. The summed E-state index contributed by atoms with van der Waals surface area (Å²) < 4.78 is 5.10. The maximum atomic E-state index is 12.2. The van der Waals surface area contributed by atoms with Gasteiger partial charge in [-0.15, -0.1) is 0 Å². The van der Waals surface area contributed by atoms with Gasteiger partial charge in [0.25, 0.3) is 0 Å². The molecule has 0 heterocycles. The van der Waals surface area contributed by atoms with E-state index in [9.17, 15) is 4.79 Å². The van der Waals surface area contributed by atoms with Gasteiger partial charge in [0.05, 0.1) is 6.61 Å². The van der Waals surface area contributed by atoms with Crippen LogP contribution in [0.15, 0.2) is 0 Å². The molecule has 1 fully saturated rings. The van der Waals surface area contributed by atoms with Crippen molar-refractivity contribution in [2.45, 2.75) is 45.1 Å². The average molecular weight is 306 g/mol. The monoisotopic (exact) mass is 305 g/mol. The summed E-state index contributed by atoms with van der Waals surface area (Å²) in [4.78, 5) is 14.2. The van der Waals surface area contributed by atoms with E-state index in [1.807, 2.05) is 4.90 Å². The predicted octanol–water partition coefficient (Wildman–Crippen LogP) is 2.83. The topological polar surface area (TPSA) is 29.5 Å². The van der Waals surface area contributed by atoms with E-state index in [1.54, 1.807) is 7.11 Å². The van der Waals surface area contributed by atoms with Crippen molar-refractivity contribution < 1.29 is 9.53 Å². The van der Waals surface area contributed by atoms with Crippen LogP contribution < -0.4 is 0 Å². The highest BCUT2D eigenvalue weighted by atomic mass is 79.9. The third-order valence-corrected chi connectivity index (χ3v) is 3.99. The van der Waals surface area contributed by atoms with Gasteiger partial charge in [-0.25, -0.2) is 0 Å². The van der Waals surface area contributed by atoms with Crippen molar-refractivity contribution in [2.75, 3.05) is 25.6 Å². The Balaban J connectivity index is 2.39. The SMILES string of the molecule is COCCN(C(=O)CCCCBr)C(C)C1CC1. The van der Waals surface area contributed by atoms with Crippen LogP contribution in [0, 0.1) is 5.92 Å². The van der Waals surface area contributed by atoms with Crippen LogP contribution in [0.5, 0.6) is 0 Å². The molecule has 0 N–H and O–H groups in total. The summed E-state index contributed by atoms with van der Waals surface area (Å²) in [5, 5.41) is 0.983. The fourth-order valence-electron chi connectivity index (χ4n) is 2.09. The van der Waals surface area contributed by atoms with Gasteiger partial charge in [-0.2, -0.15) is 0 Å². The summed E-state index contributed by atoms with van der Waals surface area (Å²) >= 11 is 3.40. The molecule has 0 aromatic heterocycles. The van der Waals surface area contributed by atoms with Crippen molar-refractivity contribution in [1.29, 1.82) is 0 Å². The summed E-state index contributed by atoms with van der Waals surface area (Å²) in [6.07, 6.45) is 5.28. The van der Waals surface area contributed by atoms with E-state index in [0.29, 0.717) is 25.0 Å². The molecule has 1 atom stereocenters. The van der Waals surface area contributed by atoms with Gasteiger partial charge in [0, 0.05) is 31.4 Å². The third-order valence-electron chi connectivity index (χ3n) is 3.43. The lowest BCUT2D eigenvalue weighted by molar-refractivity contribution is -0.134. The van der Waals surface area contributed by atoms with Crippen molar-refractivity contribution >= 4 is 21.8 Å². The Morgan fingerprint density at radius 1 is 1.47 bits per heavy atom. The van der Waals surface area contributed by atoms with Gasteiger partial charge in [0.1, 0.15) is 0 Å². The Kier molecular flexibility index (Phi) is 7.12. The van der Waals surface area contributed by atoms with Gasteiger partial charge in [-0.1, -0.05) is 15.9 Å². The van der Waals surface area contributed by atoms with Gasteiger partial charge in [0.15, 0.2) is 0 Å². The number of methoxy groups -OCH3 is 1. The van der Waals surface area contributed by atoms with E-state index < -0.39 is 0 Å². The lowest BCUT2D eigenvalue weighted by atomic mass is 10.1. The van der Waals surface area contributed by atoms with Crippen molar-refractivity contribution in [2.24, 2.45) is 5.92 Å². The Morgan fingerprint density at radius 2 is 2.18 bits per heavy atom. The number of ether oxygens (including phenoxy) is 1. The van der Waals surface area contributed by atoms with Crippen LogP contribution in [0.4, 0.5) is 0 Å². The Morgan fingerprint density at radius 3 is 2.71 bits per heavy atom. The maximum absolute atomic E-state index is 12.2. The van der Waals surface area contributed by atoms with E-state index in [2.05, 4.69) is 22.9 Å². The maximum Gasteiger partial charge on any atom is 0.222 e. The number of halogens is 1. The van der Waals surface area contributed by atoms with Crippen LogP contribution in [-0.4, -0.2) is 42.4 Å². The summed E-state index contributed by atoms with van der Waals surface area (Å²) in [6, 6.07) is 0.390. The number of hydrogen-bond acceptors (Lipinski definition) is 2. The number of carbonyl (C=O) groups excluding carboxylic acids is 1. The first-order valence-corrected chi connectivity index (χ1v) is 7.67. The van der Waals surface area contributed by atoms with E-state index >= 15 is 0 Å². The molecule has 17 heavy (non-hydrogen) atoms. The third kappa shape index (κ3) is 5.38. The fraction of sp³-hybridized carbons (Fsp3) is 0.923. The van der Waals surface area contributed by atoms with Gasteiger partial charge in [0.2, 0.25) is 5.91 Å². The van der Waals surface area contributed by atoms with Crippen LogP contribution in [-0.2, 0) is 9.53 Å². The molecule has 0 bridgehead atoms. The fourth-order valence-corrected chi connectivity index (χ4v) is 2.49. The molecule has 0 aromatic carbocycles. The van der Waals surface area contributed by atoms with E-state index in [-0.39, 0.29) is 0 Å². The molecule has 0 radical (unpaired) electrons. The minimum Gasteiger partial charge on any atom is -0.383 e. The quantitative estimate of drug-likeness (QED) is 0.484. The van der Waals surface area contributed by atoms with Crippen molar-refractivity contribution in [3.05, 3.63) is 0 Å². The smallest absolute Gasteiger partial charge is 0.222 e. The molecule has 1 amide bonds. The highest BCUT2D eigenvalue weighted by molar-refractivity contribution is 9.09. The number of amides is 1. The number of nitrogens with zero attached hydrogens (tertiary/aromatic N) is 1.